The highest BCUT2D eigenvalue weighted by Gasteiger charge is 2.21. The second kappa shape index (κ2) is 4.82. The van der Waals surface area contributed by atoms with E-state index in [2.05, 4.69) is 14.9 Å². The van der Waals surface area contributed by atoms with Crippen molar-refractivity contribution in [3.8, 4) is 5.75 Å². The Labute approximate surface area is 117 Å². The molecule has 0 radical (unpaired) electrons. The summed E-state index contributed by atoms with van der Waals surface area (Å²) in [6.45, 7) is 1.90. The van der Waals surface area contributed by atoms with E-state index < -0.39 is 9.84 Å². The number of rotatable bonds is 3. The predicted octanol–water partition coefficient (Wildman–Crippen LogP) is 1.21. The van der Waals surface area contributed by atoms with E-state index in [1.165, 1.54) is 6.26 Å². The molecule has 0 fully saturated rings. The van der Waals surface area contributed by atoms with E-state index in [0.29, 0.717) is 30.3 Å². The number of aromatic amines is 1. The molecular weight excluding hydrogens is 278 g/mol. The summed E-state index contributed by atoms with van der Waals surface area (Å²) in [4.78, 5) is 9.49. The van der Waals surface area contributed by atoms with E-state index in [9.17, 15) is 8.42 Å². The van der Waals surface area contributed by atoms with Crippen LogP contribution in [0.25, 0.3) is 0 Å². The van der Waals surface area contributed by atoms with Crippen molar-refractivity contribution in [3.63, 3.8) is 0 Å². The number of benzene rings is 1. The first kappa shape index (κ1) is 13.0. The van der Waals surface area contributed by atoms with Gasteiger partial charge in [0.1, 0.15) is 12.4 Å². The van der Waals surface area contributed by atoms with Gasteiger partial charge in [0.25, 0.3) is 0 Å². The molecule has 0 spiro atoms. The molecule has 2 heterocycles. The number of aromatic nitrogens is 2. The van der Waals surface area contributed by atoms with E-state index in [1.807, 2.05) is 6.20 Å². The van der Waals surface area contributed by atoms with Crippen LogP contribution in [-0.2, 0) is 16.4 Å². The molecule has 1 N–H and O–H groups in total. The highest BCUT2D eigenvalue weighted by atomic mass is 32.2. The van der Waals surface area contributed by atoms with Crippen molar-refractivity contribution in [1.29, 1.82) is 0 Å². The van der Waals surface area contributed by atoms with E-state index in [-0.39, 0.29) is 0 Å². The number of ether oxygens (including phenoxy) is 1. The van der Waals surface area contributed by atoms with Gasteiger partial charge in [-0.3, -0.25) is 0 Å². The van der Waals surface area contributed by atoms with Gasteiger partial charge < -0.3 is 14.6 Å². The van der Waals surface area contributed by atoms with E-state index in [4.69, 9.17) is 4.74 Å². The topological polar surface area (TPSA) is 75.3 Å². The van der Waals surface area contributed by atoms with Crippen molar-refractivity contribution >= 4 is 15.5 Å². The lowest BCUT2D eigenvalue weighted by atomic mass is 10.2. The van der Waals surface area contributed by atoms with Gasteiger partial charge in [0.05, 0.1) is 35.7 Å². The van der Waals surface area contributed by atoms with E-state index in [1.54, 1.807) is 24.5 Å². The minimum absolute atomic E-state index is 0.300. The molecule has 0 amide bonds. The first-order chi connectivity index (χ1) is 9.54. The van der Waals surface area contributed by atoms with Crippen LogP contribution in [0, 0.1) is 0 Å². The van der Waals surface area contributed by atoms with Crippen LogP contribution in [0.2, 0.25) is 0 Å². The monoisotopic (exact) mass is 293 g/mol. The number of fused-ring (bicyclic) bond motifs is 1. The molecule has 6 nitrogen and oxygen atoms in total. The number of anilines is 1. The van der Waals surface area contributed by atoms with Crippen molar-refractivity contribution in [2.75, 3.05) is 24.3 Å². The molecule has 0 unspecified atom stereocenters. The van der Waals surface area contributed by atoms with Crippen LogP contribution in [0.3, 0.4) is 0 Å². The van der Waals surface area contributed by atoms with Gasteiger partial charge in [0.2, 0.25) is 0 Å². The van der Waals surface area contributed by atoms with Crippen molar-refractivity contribution in [3.05, 3.63) is 36.4 Å². The summed E-state index contributed by atoms with van der Waals surface area (Å²) in [6, 6.07) is 4.95. The smallest absolute Gasteiger partial charge is 0.175 e. The second-order valence-corrected chi connectivity index (χ2v) is 6.75. The molecule has 1 aliphatic heterocycles. The number of hydrogen-bond acceptors (Lipinski definition) is 5. The van der Waals surface area contributed by atoms with Crippen LogP contribution in [-0.4, -0.2) is 37.8 Å². The fourth-order valence-electron chi connectivity index (χ4n) is 2.22. The minimum Gasteiger partial charge on any atom is -0.490 e. The number of imidazole rings is 1. The molecule has 3 rings (SSSR count). The van der Waals surface area contributed by atoms with Gasteiger partial charge in [-0.05, 0) is 18.2 Å². The first-order valence-corrected chi connectivity index (χ1v) is 8.13. The predicted molar refractivity (Wildman–Crippen MR) is 74.7 cm³/mol. The molecule has 2 aromatic rings. The van der Waals surface area contributed by atoms with E-state index >= 15 is 0 Å². The maximum Gasteiger partial charge on any atom is 0.175 e. The van der Waals surface area contributed by atoms with Gasteiger partial charge in [-0.2, -0.15) is 0 Å². The van der Waals surface area contributed by atoms with Crippen molar-refractivity contribution in [2.24, 2.45) is 0 Å². The van der Waals surface area contributed by atoms with Gasteiger partial charge in [-0.1, -0.05) is 0 Å². The molecule has 106 valence electrons. The Balaban J connectivity index is 1.98. The first-order valence-electron chi connectivity index (χ1n) is 6.23. The zero-order chi connectivity index (χ0) is 14.2. The summed E-state index contributed by atoms with van der Waals surface area (Å²) in [5.41, 5.74) is 1.70. The Hall–Kier alpha value is -2.02. The number of H-pyrrole nitrogens is 1. The van der Waals surface area contributed by atoms with Gasteiger partial charge in [-0.15, -0.1) is 0 Å². The largest absolute Gasteiger partial charge is 0.490 e. The average molecular weight is 293 g/mol. The third kappa shape index (κ3) is 2.49. The highest BCUT2D eigenvalue weighted by molar-refractivity contribution is 7.90. The molecule has 0 atom stereocenters. The molecule has 1 aliphatic rings. The van der Waals surface area contributed by atoms with Crippen LogP contribution < -0.4 is 9.64 Å². The van der Waals surface area contributed by atoms with Crippen LogP contribution in [0.15, 0.2) is 35.6 Å². The van der Waals surface area contributed by atoms with Gasteiger partial charge >= 0.3 is 0 Å². The molecule has 0 aliphatic carbocycles. The molecule has 0 saturated heterocycles. The standard InChI is InChI=1S/C13H15N3O3S/c1-20(17,18)11-2-3-13-12(6-11)16(4-5-19-13)8-10-7-14-9-15-10/h2-3,6-7,9H,4-5,8H2,1H3,(H,14,15). The molecular formula is C13H15N3O3S. The summed E-state index contributed by atoms with van der Waals surface area (Å²) in [5.74, 6) is 0.708. The Morgan fingerprint density at radius 1 is 1.45 bits per heavy atom. The van der Waals surface area contributed by atoms with Crippen LogP contribution >= 0.6 is 0 Å². The number of nitrogens with one attached hydrogen (secondary N) is 1. The maximum absolute atomic E-state index is 11.7. The van der Waals surface area contributed by atoms with Crippen molar-refractivity contribution in [2.45, 2.75) is 11.4 Å². The third-order valence-electron chi connectivity index (χ3n) is 3.23. The van der Waals surface area contributed by atoms with Gasteiger partial charge in [0.15, 0.2) is 9.84 Å². The Morgan fingerprint density at radius 3 is 3.00 bits per heavy atom. The van der Waals surface area contributed by atoms with Crippen molar-refractivity contribution in [1.82, 2.24) is 9.97 Å². The SMILES string of the molecule is CS(=O)(=O)c1ccc2c(c1)N(Cc1c[nH]cn1)CCO2. The molecule has 0 saturated carbocycles. The summed E-state index contributed by atoms with van der Waals surface area (Å²) in [6.07, 6.45) is 4.66. The van der Waals surface area contributed by atoms with Crippen LogP contribution in [0.1, 0.15) is 5.69 Å². The second-order valence-electron chi connectivity index (χ2n) is 4.73. The Bertz CT molecular complexity index is 710. The van der Waals surface area contributed by atoms with Crippen LogP contribution in [0.5, 0.6) is 5.75 Å². The third-order valence-corrected chi connectivity index (χ3v) is 4.34. The zero-order valence-electron chi connectivity index (χ0n) is 11.0. The summed E-state index contributed by atoms with van der Waals surface area (Å²) in [7, 11) is -3.23. The Kier molecular flexibility index (Phi) is 3.13. The summed E-state index contributed by atoms with van der Waals surface area (Å²) < 4.78 is 28.9. The summed E-state index contributed by atoms with van der Waals surface area (Å²) in [5, 5.41) is 0. The zero-order valence-corrected chi connectivity index (χ0v) is 11.9. The number of nitrogens with zero attached hydrogens (tertiary/aromatic N) is 2. The fraction of sp³-hybridized carbons (Fsp3) is 0.308. The molecule has 7 heteroatoms. The normalized spacial score (nSPS) is 14.8. The lowest BCUT2D eigenvalue weighted by molar-refractivity contribution is 0.306. The molecule has 20 heavy (non-hydrogen) atoms. The maximum atomic E-state index is 11.7. The lowest BCUT2D eigenvalue weighted by Gasteiger charge is -2.31. The summed E-state index contributed by atoms with van der Waals surface area (Å²) >= 11 is 0. The number of hydrogen-bond donors (Lipinski definition) is 1. The minimum atomic E-state index is -3.23. The lowest BCUT2D eigenvalue weighted by Crippen LogP contribution is -2.32. The Morgan fingerprint density at radius 2 is 2.30 bits per heavy atom. The average Bonchev–Trinajstić information content (AvgIpc) is 2.90. The molecule has 1 aromatic heterocycles. The van der Waals surface area contributed by atoms with Gasteiger partial charge in [-0.25, -0.2) is 13.4 Å². The van der Waals surface area contributed by atoms with Crippen LogP contribution in [0.4, 0.5) is 5.69 Å². The molecule has 0 bridgehead atoms. The quantitative estimate of drug-likeness (QED) is 0.920. The highest BCUT2D eigenvalue weighted by Crippen LogP contribution is 2.34. The molecule has 1 aromatic carbocycles. The van der Waals surface area contributed by atoms with E-state index in [0.717, 1.165) is 11.4 Å². The van der Waals surface area contributed by atoms with Crippen molar-refractivity contribution < 1.29 is 13.2 Å². The van der Waals surface area contributed by atoms with Gasteiger partial charge in [0, 0.05) is 12.5 Å². The fourth-order valence-corrected chi connectivity index (χ4v) is 2.86. The number of sulfone groups is 1.